The zero-order valence-electron chi connectivity index (χ0n) is 19.5. The number of nitrogen functional groups attached to an aromatic ring is 1. The number of nitrogens with one attached hydrogen (secondary N) is 1. The minimum atomic E-state index is -4.48. The van der Waals surface area contributed by atoms with Crippen LogP contribution in [0.15, 0.2) is 30.5 Å². The summed E-state index contributed by atoms with van der Waals surface area (Å²) in [5.41, 5.74) is 6.18. The molecular weight excluding hydrogens is 459 g/mol. The minimum absolute atomic E-state index is 0.0607. The van der Waals surface area contributed by atoms with E-state index in [0.717, 1.165) is 49.3 Å². The van der Waals surface area contributed by atoms with E-state index in [-0.39, 0.29) is 5.69 Å². The summed E-state index contributed by atoms with van der Waals surface area (Å²) in [4.78, 5) is 18.4. The number of fused-ring (bicyclic) bond motifs is 1. The number of halogens is 3. The number of anilines is 4. The molecule has 11 heteroatoms. The van der Waals surface area contributed by atoms with Crippen LogP contribution >= 0.6 is 0 Å². The molecule has 0 radical (unpaired) electrons. The lowest BCUT2D eigenvalue weighted by Gasteiger charge is -2.28. The van der Waals surface area contributed by atoms with E-state index in [1.165, 1.54) is 0 Å². The van der Waals surface area contributed by atoms with Gasteiger partial charge in [0, 0.05) is 37.3 Å². The van der Waals surface area contributed by atoms with Gasteiger partial charge in [-0.15, -0.1) is 0 Å². The number of nitrogens with zero attached hydrogens (tertiary/aromatic N) is 5. The summed E-state index contributed by atoms with van der Waals surface area (Å²) in [6.45, 7) is 6.14. The molecule has 1 aromatic carbocycles. The molecule has 2 fully saturated rings. The maximum Gasteiger partial charge on any atom is 0.416 e. The second-order valence-electron chi connectivity index (χ2n) is 8.98. The monoisotopic (exact) mass is 487 g/mol. The van der Waals surface area contributed by atoms with E-state index in [1.54, 1.807) is 19.2 Å². The third-order valence-electron chi connectivity index (χ3n) is 6.44. The van der Waals surface area contributed by atoms with Gasteiger partial charge in [0.2, 0.25) is 5.95 Å². The van der Waals surface area contributed by atoms with Gasteiger partial charge in [0.25, 0.3) is 0 Å². The number of morpholine rings is 1. The number of aromatic nitrogens is 3. The molecule has 1 atom stereocenters. The van der Waals surface area contributed by atoms with E-state index in [9.17, 15) is 13.2 Å². The van der Waals surface area contributed by atoms with Crippen LogP contribution in [0.2, 0.25) is 0 Å². The van der Waals surface area contributed by atoms with E-state index < -0.39 is 17.8 Å². The first kappa shape index (κ1) is 23.4. The predicted octanol–water partition coefficient (Wildman–Crippen LogP) is 4.24. The Morgan fingerprint density at radius 1 is 1.00 bits per heavy atom. The second-order valence-corrected chi connectivity index (χ2v) is 8.98. The van der Waals surface area contributed by atoms with Crippen molar-refractivity contribution >= 4 is 34.2 Å². The molecule has 0 unspecified atom stereocenters. The molecule has 0 saturated carbocycles. The van der Waals surface area contributed by atoms with Crippen LogP contribution in [-0.2, 0) is 10.9 Å². The predicted molar refractivity (Wildman–Crippen MR) is 130 cm³/mol. The van der Waals surface area contributed by atoms with E-state index in [0.29, 0.717) is 49.1 Å². The quantitative estimate of drug-likeness (QED) is 0.517. The fourth-order valence-corrected chi connectivity index (χ4v) is 4.52. The minimum Gasteiger partial charge on any atom is -0.399 e. The van der Waals surface area contributed by atoms with E-state index in [1.807, 2.05) is 11.0 Å². The Labute approximate surface area is 201 Å². The summed E-state index contributed by atoms with van der Waals surface area (Å²) in [5.74, 6) is 1.93. The molecule has 2 saturated heterocycles. The molecule has 186 valence electrons. The molecule has 0 bridgehead atoms. The highest BCUT2D eigenvalue weighted by Crippen LogP contribution is 2.35. The van der Waals surface area contributed by atoms with Crippen LogP contribution in [0, 0.1) is 0 Å². The Hall–Kier alpha value is -3.34. The third-order valence-corrected chi connectivity index (χ3v) is 6.44. The van der Waals surface area contributed by atoms with Crippen LogP contribution in [0.4, 0.5) is 36.4 Å². The maximum absolute atomic E-state index is 13.4. The van der Waals surface area contributed by atoms with Gasteiger partial charge < -0.3 is 25.6 Å². The molecule has 0 amide bonds. The molecule has 2 aliphatic heterocycles. The molecular formula is C24H28F3N7O. The van der Waals surface area contributed by atoms with Crippen LogP contribution in [0.1, 0.15) is 36.9 Å². The van der Waals surface area contributed by atoms with Gasteiger partial charge >= 0.3 is 6.18 Å². The molecule has 2 aliphatic rings. The lowest BCUT2D eigenvalue weighted by Crippen LogP contribution is -2.37. The normalized spacial score (nSPS) is 17.7. The number of alkyl halides is 3. The van der Waals surface area contributed by atoms with Crippen LogP contribution in [-0.4, -0.2) is 54.3 Å². The molecule has 3 aromatic rings. The Bertz CT molecular complexity index is 1210. The summed E-state index contributed by atoms with van der Waals surface area (Å²) < 4.78 is 45.6. The summed E-state index contributed by atoms with van der Waals surface area (Å²) in [7, 11) is 0. The van der Waals surface area contributed by atoms with Crippen molar-refractivity contribution in [2.75, 3.05) is 60.2 Å². The summed E-state index contributed by atoms with van der Waals surface area (Å²) in [6.07, 6.45) is -0.505. The van der Waals surface area contributed by atoms with Gasteiger partial charge in [0.05, 0.1) is 36.5 Å². The first-order valence-electron chi connectivity index (χ1n) is 11.8. The number of pyridine rings is 1. The molecule has 3 N–H and O–H groups in total. The van der Waals surface area contributed by atoms with E-state index >= 15 is 0 Å². The number of nitrogens with two attached hydrogens (primary N) is 1. The van der Waals surface area contributed by atoms with Gasteiger partial charge in [0.1, 0.15) is 11.6 Å². The van der Waals surface area contributed by atoms with Crippen molar-refractivity contribution in [2.45, 2.75) is 32.0 Å². The molecule has 5 rings (SSSR count). The van der Waals surface area contributed by atoms with Crippen molar-refractivity contribution in [3.05, 3.63) is 41.6 Å². The van der Waals surface area contributed by atoms with Gasteiger partial charge in [-0.05, 0) is 49.6 Å². The highest BCUT2D eigenvalue weighted by atomic mass is 19.4. The zero-order valence-corrected chi connectivity index (χ0v) is 19.5. The highest BCUT2D eigenvalue weighted by molar-refractivity contribution is 5.91. The summed E-state index contributed by atoms with van der Waals surface area (Å²) in [5, 5.41) is 4.10. The summed E-state index contributed by atoms with van der Waals surface area (Å²) in [6, 6.07) is 5.09. The number of benzene rings is 1. The second kappa shape index (κ2) is 9.37. The van der Waals surface area contributed by atoms with Crippen LogP contribution < -0.4 is 20.9 Å². The molecule has 2 aromatic heterocycles. The summed E-state index contributed by atoms with van der Waals surface area (Å²) >= 11 is 0. The van der Waals surface area contributed by atoms with Gasteiger partial charge in [0.15, 0.2) is 0 Å². The third kappa shape index (κ3) is 5.04. The van der Waals surface area contributed by atoms with Gasteiger partial charge in [-0.25, -0.2) is 9.97 Å². The topological polar surface area (TPSA) is 92.4 Å². The van der Waals surface area contributed by atoms with Gasteiger partial charge in [-0.2, -0.15) is 18.2 Å². The number of hydrogen-bond donors (Lipinski definition) is 2. The van der Waals surface area contributed by atoms with E-state index in [2.05, 4.69) is 15.2 Å². The average molecular weight is 488 g/mol. The van der Waals surface area contributed by atoms with Gasteiger partial charge in [-0.1, -0.05) is 0 Å². The Morgan fingerprint density at radius 3 is 2.46 bits per heavy atom. The van der Waals surface area contributed by atoms with Crippen molar-refractivity contribution in [1.82, 2.24) is 15.0 Å². The fourth-order valence-electron chi connectivity index (χ4n) is 4.52. The smallest absolute Gasteiger partial charge is 0.399 e. The molecule has 8 nitrogen and oxygen atoms in total. The van der Waals surface area contributed by atoms with Crippen LogP contribution in [0.25, 0.3) is 10.9 Å². The largest absolute Gasteiger partial charge is 0.416 e. The van der Waals surface area contributed by atoms with Crippen molar-refractivity contribution in [2.24, 2.45) is 0 Å². The molecule has 35 heavy (non-hydrogen) atoms. The fraction of sp³-hybridized carbons (Fsp3) is 0.458. The highest BCUT2D eigenvalue weighted by Gasteiger charge is 2.31. The lowest BCUT2D eigenvalue weighted by atomic mass is 10.0. The first-order valence-corrected chi connectivity index (χ1v) is 11.8. The van der Waals surface area contributed by atoms with Gasteiger partial charge in [-0.3, -0.25) is 0 Å². The molecule has 0 aliphatic carbocycles. The average Bonchev–Trinajstić information content (AvgIpc) is 3.38. The SMILES string of the molecule is C[C@@H](Nc1nc(N2CCOCC2)nc2cnc(N3CCCC3)cc12)c1cc(N)cc(C(F)(F)F)c1. The first-order chi connectivity index (χ1) is 16.8. The van der Waals surface area contributed by atoms with Crippen molar-refractivity contribution in [3.63, 3.8) is 0 Å². The Balaban J connectivity index is 1.54. The van der Waals surface area contributed by atoms with Crippen molar-refractivity contribution in [3.8, 4) is 0 Å². The molecule has 0 spiro atoms. The Kier molecular flexibility index (Phi) is 6.26. The van der Waals surface area contributed by atoms with Crippen molar-refractivity contribution < 1.29 is 17.9 Å². The van der Waals surface area contributed by atoms with E-state index in [4.69, 9.17) is 20.4 Å². The van der Waals surface area contributed by atoms with Crippen molar-refractivity contribution in [1.29, 1.82) is 0 Å². The van der Waals surface area contributed by atoms with Crippen LogP contribution in [0.5, 0.6) is 0 Å². The van der Waals surface area contributed by atoms with Crippen LogP contribution in [0.3, 0.4) is 0 Å². The lowest BCUT2D eigenvalue weighted by molar-refractivity contribution is -0.137. The maximum atomic E-state index is 13.4. The number of ether oxygens (including phenoxy) is 1. The molecule has 4 heterocycles. The Morgan fingerprint density at radius 2 is 1.74 bits per heavy atom. The number of hydrogen-bond acceptors (Lipinski definition) is 8. The number of rotatable bonds is 5. The zero-order chi connectivity index (χ0) is 24.6. The standard InChI is InChI=1S/C24H28F3N7O/c1-15(16-10-17(24(25,26)27)12-18(28)11-16)30-22-19-13-21(33-4-2-3-5-33)29-14-20(19)31-23(32-22)34-6-8-35-9-7-34/h10-15H,2-9,28H2,1H3,(H,30,31,32)/t15-/m1/s1.